The summed E-state index contributed by atoms with van der Waals surface area (Å²) in [6.07, 6.45) is 2.80. The van der Waals surface area contributed by atoms with Crippen molar-refractivity contribution in [3.8, 4) is 0 Å². The average molecular weight is 330 g/mol. The van der Waals surface area contributed by atoms with Crippen LogP contribution in [0.3, 0.4) is 0 Å². The predicted octanol–water partition coefficient (Wildman–Crippen LogP) is 2.65. The zero-order valence-electron chi connectivity index (χ0n) is 12.0. The van der Waals surface area contributed by atoms with Crippen molar-refractivity contribution in [1.29, 1.82) is 0 Å². The van der Waals surface area contributed by atoms with Gasteiger partial charge in [0.25, 0.3) is 5.91 Å². The number of hydrogen-bond acceptors (Lipinski definition) is 5. The lowest BCUT2D eigenvalue weighted by molar-refractivity contribution is -0.143. The van der Waals surface area contributed by atoms with Crippen molar-refractivity contribution in [2.75, 3.05) is 11.9 Å². The Bertz CT molecular complexity index is 696. The maximum Gasteiger partial charge on any atom is 0.331 e. The van der Waals surface area contributed by atoms with E-state index in [9.17, 15) is 14.4 Å². The number of carbonyl (C=O) groups is 3. The highest BCUT2D eigenvalue weighted by Gasteiger charge is 2.09. The number of para-hydroxylation sites is 1. The molecule has 6 nitrogen and oxygen atoms in total. The monoisotopic (exact) mass is 330 g/mol. The molecule has 1 heterocycles. The van der Waals surface area contributed by atoms with Crippen LogP contribution in [0, 0.1) is 0 Å². The molecule has 1 aromatic heterocycles. The average Bonchev–Trinajstić information content (AvgIpc) is 3.05. The van der Waals surface area contributed by atoms with Crippen LogP contribution in [-0.4, -0.2) is 24.5 Å². The van der Waals surface area contributed by atoms with E-state index in [4.69, 9.17) is 4.74 Å². The van der Waals surface area contributed by atoms with Gasteiger partial charge in [0.05, 0.1) is 0 Å². The number of thiophene rings is 1. The van der Waals surface area contributed by atoms with E-state index < -0.39 is 24.5 Å². The Morgan fingerprint density at radius 1 is 1.13 bits per heavy atom. The van der Waals surface area contributed by atoms with E-state index in [2.05, 4.69) is 10.6 Å². The molecule has 0 saturated heterocycles. The number of benzene rings is 1. The summed E-state index contributed by atoms with van der Waals surface area (Å²) in [4.78, 5) is 34.5. The van der Waals surface area contributed by atoms with Crippen LogP contribution >= 0.6 is 11.3 Å². The maximum atomic E-state index is 11.6. The van der Waals surface area contributed by atoms with Crippen LogP contribution in [-0.2, 0) is 14.3 Å². The largest absolute Gasteiger partial charge is 0.452 e. The molecule has 7 heteroatoms. The summed E-state index contributed by atoms with van der Waals surface area (Å²) in [7, 11) is 0. The molecule has 2 N–H and O–H groups in total. The Balaban J connectivity index is 1.70. The van der Waals surface area contributed by atoms with Gasteiger partial charge >= 0.3 is 12.0 Å². The molecule has 0 aliphatic heterocycles. The van der Waals surface area contributed by atoms with Gasteiger partial charge in [0.2, 0.25) is 0 Å². The number of carbonyl (C=O) groups excluding carboxylic acids is 3. The number of hydrogen-bond donors (Lipinski definition) is 2. The molecule has 0 bridgehead atoms. The first-order valence-electron chi connectivity index (χ1n) is 6.66. The van der Waals surface area contributed by atoms with Crippen molar-refractivity contribution < 1.29 is 19.1 Å². The minimum Gasteiger partial charge on any atom is -0.452 e. The fraction of sp³-hybridized carbons (Fsp3) is 0.0625. The number of esters is 1. The molecule has 118 valence electrons. The predicted molar refractivity (Wildman–Crippen MR) is 87.9 cm³/mol. The molecule has 0 atom stereocenters. The number of rotatable bonds is 5. The Labute approximate surface area is 136 Å². The van der Waals surface area contributed by atoms with Crippen LogP contribution in [0.15, 0.2) is 53.2 Å². The zero-order chi connectivity index (χ0) is 16.5. The molecule has 0 spiro atoms. The first kappa shape index (κ1) is 16.4. The highest BCUT2D eigenvalue weighted by Crippen LogP contribution is 2.07. The second-order valence-corrected chi connectivity index (χ2v) is 5.15. The van der Waals surface area contributed by atoms with Gasteiger partial charge in [-0.25, -0.2) is 9.59 Å². The molecule has 0 aliphatic carbocycles. The van der Waals surface area contributed by atoms with Gasteiger partial charge in [-0.1, -0.05) is 18.2 Å². The molecule has 1 aromatic carbocycles. The normalized spacial score (nSPS) is 10.3. The molecule has 0 aliphatic rings. The number of anilines is 1. The lowest BCUT2D eigenvalue weighted by Gasteiger charge is -2.06. The highest BCUT2D eigenvalue weighted by molar-refractivity contribution is 7.08. The third-order valence-corrected chi connectivity index (χ3v) is 3.29. The topological polar surface area (TPSA) is 84.5 Å². The van der Waals surface area contributed by atoms with Gasteiger partial charge in [-0.3, -0.25) is 10.1 Å². The number of nitrogens with one attached hydrogen (secondary N) is 2. The van der Waals surface area contributed by atoms with Crippen molar-refractivity contribution in [2.24, 2.45) is 0 Å². The van der Waals surface area contributed by atoms with E-state index in [1.54, 1.807) is 36.4 Å². The number of imide groups is 1. The second-order valence-electron chi connectivity index (χ2n) is 4.37. The van der Waals surface area contributed by atoms with Crippen molar-refractivity contribution in [3.63, 3.8) is 0 Å². The fourth-order valence-electron chi connectivity index (χ4n) is 1.57. The first-order chi connectivity index (χ1) is 11.1. The highest BCUT2D eigenvalue weighted by atomic mass is 32.1. The van der Waals surface area contributed by atoms with E-state index in [1.807, 2.05) is 16.8 Å². The summed E-state index contributed by atoms with van der Waals surface area (Å²) in [6.45, 7) is -0.533. The summed E-state index contributed by atoms with van der Waals surface area (Å²) < 4.78 is 4.74. The number of amides is 3. The molecule has 2 rings (SSSR count). The van der Waals surface area contributed by atoms with Crippen molar-refractivity contribution >= 4 is 41.0 Å². The molecule has 0 unspecified atom stereocenters. The van der Waals surface area contributed by atoms with Crippen LogP contribution < -0.4 is 10.6 Å². The SMILES string of the molecule is O=C(COC(=O)/C=C/c1ccsc1)NC(=O)Nc1ccccc1. The summed E-state index contributed by atoms with van der Waals surface area (Å²) in [5.41, 5.74) is 1.42. The van der Waals surface area contributed by atoms with Crippen LogP contribution in [0.25, 0.3) is 6.08 Å². The Hall–Kier alpha value is -2.93. The molecule has 3 amide bonds. The molecule has 23 heavy (non-hydrogen) atoms. The van der Waals surface area contributed by atoms with E-state index in [-0.39, 0.29) is 0 Å². The number of ether oxygens (including phenoxy) is 1. The van der Waals surface area contributed by atoms with Gasteiger partial charge in [-0.2, -0.15) is 11.3 Å². The van der Waals surface area contributed by atoms with Gasteiger partial charge in [-0.05, 0) is 40.6 Å². The number of urea groups is 1. The maximum absolute atomic E-state index is 11.6. The minimum atomic E-state index is -0.712. The summed E-state index contributed by atoms with van der Waals surface area (Å²) in [6, 6.07) is 9.81. The van der Waals surface area contributed by atoms with E-state index >= 15 is 0 Å². The lowest BCUT2D eigenvalue weighted by Crippen LogP contribution is -2.37. The standard InChI is InChI=1S/C16H14N2O4S/c19-14(18-16(21)17-13-4-2-1-3-5-13)10-22-15(20)7-6-12-8-9-23-11-12/h1-9,11H,10H2,(H2,17,18,19,21)/b7-6+. The van der Waals surface area contributed by atoms with Crippen LogP contribution in [0.2, 0.25) is 0 Å². The van der Waals surface area contributed by atoms with Crippen molar-refractivity contribution in [3.05, 3.63) is 58.8 Å². The van der Waals surface area contributed by atoms with E-state index in [1.165, 1.54) is 17.4 Å². The first-order valence-corrected chi connectivity index (χ1v) is 7.60. The Morgan fingerprint density at radius 2 is 1.91 bits per heavy atom. The zero-order valence-corrected chi connectivity index (χ0v) is 12.8. The second kappa shape index (κ2) is 8.50. The van der Waals surface area contributed by atoms with Crippen molar-refractivity contribution in [1.82, 2.24) is 5.32 Å². The van der Waals surface area contributed by atoms with Crippen LogP contribution in [0.4, 0.5) is 10.5 Å². The third-order valence-electron chi connectivity index (χ3n) is 2.59. The Morgan fingerprint density at radius 3 is 2.61 bits per heavy atom. The van der Waals surface area contributed by atoms with Gasteiger partial charge in [0, 0.05) is 11.8 Å². The summed E-state index contributed by atoms with van der Waals surface area (Å²) in [5, 5.41) is 8.29. The lowest BCUT2D eigenvalue weighted by atomic mass is 10.3. The molecular formula is C16H14N2O4S. The molecule has 2 aromatic rings. The quantitative estimate of drug-likeness (QED) is 0.652. The van der Waals surface area contributed by atoms with Crippen LogP contribution in [0.1, 0.15) is 5.56 Å². The molecular weight excluding hydrogens is 316 g/mol. The summed E-state index contributed by atoms with van der Waals surface area (Å²) in [5.74, 6) is -1.37. The fourth-order valence-corrected chi connectivity index (χ4v) is 2.19. The third kappa shape index (κ3) is 6.15. The minimum absolute atomic E-state index is 0.533. The van der Waals surface area contributed by atoms with E-state index in [0.717, 1.165) is 5.56 Å². The van der Waals surface area contributed by atoms with E-state index in [0.29, 0.717) is 5.69 Å². The van der Waals surface area contributed by atoms with Gasteiger partial charge < -0.3 is 10.1 Å². The molecule has 0 fully saturated rings. The molecule has 0 radical (unpaired) electrons. The Kier molecular flexibility index (Phi) is 6.07. The molecule has 0 saturated carbocycles. The summed E-state index contributed by atoms with van der Waals surface area (Å²) >= 11 is 1.51. The van der Waals surface area contributed by atoms with Gasteiger partial charge in [0.15, 0.2) is 6.61 Å². The van der Waals surface area contributed by atoms with Gasteiger partial charge in [-0.15, -0.1) is 0 Å². The smallest absolute Gasteiger partial charge is 0.331 e. The van der Waals surface area contributed by atoms with Gasteiger partial charge in [0.1, 0.15) is 0 Å². The van der Waals surface area contributed by atoms with Crippen molar-refractivity contribution in [2.45, 2.75) is 0 Å². The van der Waals surface area contributed by atoms with Crippen LogP contribution in [0.5, 0.6) is 0 Å².